The summed E-state index contributed by atoms with van der Waals surface area (Å²) in [4.78, 5) is 17.3. The molecular formula is C18H16ClN3OS. The minimum atomic E-state index is -0.143. The van der Waals surface area contributed by atoms with Crippen LogP contribution in [0, 0.1) is 0 Å². The van der Waals surface area contributed by atoms with Gasteiger partial charge in [-0.2, -0.15) is 0 Å². The highest BCUT2D eigenvalue weighted by Crippen LogP contribution is 2.21. The fraction of sp³-hybridized carbons (Fsp3) is 0.111. The SMILES string of the molecule is O=C(Nc1cccc(CNCc2ccc(Cl)s2)c1)c1ccncc1. The topological polar surface area (TPSA) is 54.0 Å². The molecule has 0 aliphatic heterocycles. The van der Waals surface area contributed by atoms with Crippen LogP contribution in [-0.2, 0) is 13.1 Å². The van der Waals surface area contributed by atoms with Gasteiger partial charge in [0.1, 0.15) is 0 Å². The number of nitrogens with zero attached hydrogens (tertiary/aromatic N) is 1. The number of hydrogen-bond acceptors (Lipinski definition) is 4. The summed E-state index contributed by atoms with van der Waals surface area (Å²) in [5.74, 6) is -0.143. The average Bonchev–Trinajstić information content (AvgIpc) is 3.01. The van der Waals surface area contributed by atoms with E-state index in [0.717, 1.165) is 22.1 Å². The Bertz CT molecular complexity index is 820. The zero-order valence-corrected chi connectivity index (χ0v) is 14.4. The summed E-state index contributed by atoms with van der Waals surface area (Å²) < 4.78 is 0.799. The molecule has 2 heterocycles. The van der Waals surface area contributed by atoms with Gasteiger partial charge in [-0.05, 0) is 42.0 Å². The first-order chi connectivity index (χ1) is 11.7. The van der Waals surface area contributed by atoms with E-state index in [1.165, 1.54) is 4.88 Å². The molecule has 0 radical (unpaired) electrons. The molecule has 1 aromatic carbocycles. The summed E-state index contributed by atoms with van der Waals surface area (Å²) in [5, 5.41) is 6.27. The second kappa shape index (κ2) is 8.06. The van der Waals surface area contributed by atoms with Gasteiger partial charge in [-0.3, -0.25) is 9.78 Å². The second-order valence-electron chi connectivity index (χ2n) is 5.20. The van der Waals surface area contributed by atoms with Crippen LogP contribution in [0.1, 0.15) is 20.8 Å². The molecule has 0 fully saturated rings. The highest BCUT2D eigenvalue weighted by molar-refractivity contribution is 7.16. The number of nitrogens with one attached hydrogen (secondary N) is 2. The van der Waals surface area contributed by atoms with Crippen molar-refractivity contribution in [2.24, 2.45) is 0 Å². The van der Waals surface area contributed by atoms with Gasteiger partial charge in [-0.25, -0.2) is 0 Å². The molecule has 4 nitrogen and oxygen atoms in total. The predicted octanol–water partition coefficient (Wildman–Crippen LogP) is 4.34. The highest BCUT2D eigenvalue weighted by atomic mass is 35.5. The summed E-state index contributed by atoms with van der Waals surface area (Å²) in [6.45, 7) is 1.49. The number of carbonyl (C=O) groups is 1. The van der Waals surface area contributed by atoms with Gasteiger partial charge < -0.3 is 10.6 Å². The Morgan fingerprint density at radius 2 is 1.92 bits per heavy atom. The Hall–Kier alpha value is -2.21. The molecule has 2 N–H and O–H groups in total. The molecule has 0 aliphatic rings. The predicted molar refractivity (Wildman–Crippen MR) is 98.5 cm³/mol. The van der Waals surface area contributed by atoms with E-state index >= 15 is 0 Å². The first kappa shape index (κ1) is 16.6. The largest absolute Gasteiger partial charge is 0.322 e. The number of pyridine rings is 1. The molecule has 0 aliphatic carbocycles. The minimum Gasteiger partial charge on any atom is -0.322 e. The summed E-state index contributed by atoms with van der Waals surface area (Å²) in [6, 6.07) is 15.1. The van der Waals surface area contributed by atoms with Crippen LogP contribution in [0.4, 0.5) is 5.69 Å². The molecule has 6 heteroatoms. The maximum Gasteiger partial charge on any atom is 0.255 e. The average molecular weight is 358 g/mol. The van der Waals surface area contributed by atoms with Gasteiger partial charge in [-0.1, -0.05) is 23.7 Å². The van der Waals surface area contributed by atoms with E-state index in [0.29, 0.717) is 12.1 Å². The molecule has 2 aromatic heterocycles. The van der Waals surface area contributed by atoms with Gasteiger partial charge in [0.15, 0.2) is 0 Å². The molecule has 3 aromatic rings. The molecule has 1 amide bonds. The van der Waals surface area contributed by atoms with Crippen LogP contribution in [0.25, 0.3) is 0 Å². The number of halogens is 1. The molecule has 3 rings (SSSR count). The summed E-state index contributed by atoms with van der Waals surface area (Å²) in [5.41, 5.74) is 2.46. The van der Waals surface area contributed by atoms with E-state index < -0.39 is 0 Å². The van der Waals surface area contributed by atoms with E-state index in [9.17, 15) is 4.79 Å². The molecule has 0 bridgehead atoms. The third kappa shape index (κ3) is 4.64. The normalized spacial score (nSPS) is 10.5. The Morgan fingerprint density at radius 3 is 2.67 bits per heavy atom. The Morgan fingerprint density at radius 1 is 1.08 bits per heavy atom. The van der Waals surface area contributed by atoms with E-state index in [-0.39, 0.29) is 5.91 Å². The van der Waals surface area contributed by atoms with Crippen molar-refractivity contribution in [2.75, 3.05) is 5.32 Å². The number of aromatic nitrogens is 1. The smallest absolute Gasteiger partial charge is 0.255 e. The lowest BCUT2D eigenvalue weighted by atomic mass is 10.2. The lowest BCUT2D eigenvalue weighted by molar-refractivity contribution is 0.102. The first-order valence-corrected chi connectivity index (χ1v) is 8.65. The molecular weight excluding hydrogens is 342 g/mol. The van der Waals surface area contributed by atoms with Gasteiger partial charge in [0.2, 0.25) is 0 Å². The number of amides is 1. The van der Waals surface area contributed by atoms with Gasteiger partial charge in [-0.15, -0.1) is 11.3 Å². The minimum absolute atomic E-state index is 0.143. The monoisotopic (exact) mass is 357 g/mol. The van der Waals surface area contributed by atoms with E-state index in [4.69, 9.17) is 11.6 Å². The van der Waals surface area contributed by atoms with E-state index in [1.807, 2.05) is 36.4 Å². The van der Waals surface area contributed by atoms with E-state index in [1.54, 1.807) is 35.9 Å². The van der Waals surface area contributed by atoms with Crippen LogP contribution < -0.4 is 10.6 Å². The maximum absolute atomic E-state index is 12.2. The maximum atomic E-state index is 12.2. The Balaban J connectivity index is 1.56. The Kier molecular flexibility index (Phi) is 5.59. The molecule has 122 valence electrons. The molecule has 0 unspecified atom stereocenters. The number of hydrogen-bond donors (Lipinski definition) is 2. The van der Waals surface area contributed by atoms with Crippen LogP contribution >= 0.6 is 22.9 Å². The number of carbonyl (C=O) groups excluding carboxylic acids is 1. The lowest BCUT2D eigenvalue weighted by Crippen LogP contribution is -2.14. The van der Waals surface area contributed by atoms with Crippen LogP contribution in [-0.4, -0.2) is 10.9 Å². The summed E-state index contributed by atoms with van der Waals surface area (Å²) >= 11 is 7.50. The molecule has 0 spiro atoms. The second-order valence-corrected chi connectivity index (χ2v) is 7.00. The van der Waals surface area contributed by atoms with Gasteiger partial charge >= 0.3 is 0 Å². The van der Waals surface area contributed by atoms with Crippen molar-refractivity contribution in [1.82, 2.24) is 10.3 Å². The highest BCUT2D eigenvalue weighted by Gasteiger charge is 2.06. The third-order valence-electron chi connectivity index (χ3n) is 3.38. The number of thiophene rings is 1. The number of benzene rings is 1. The van der Waals surface area contributed by atoms with Crippen molar-refractivity contribution in [1.29, 1.82) is 0 Å². The molecule has 0 saturated carbocycles. The van der Waals surface area contributed by atoms with Crippen LogP contribution in [0.3, 0.4) is 0 Å². The van der Waals surface area contributed by atoms with Gasteiger partial charge in [0.05, 0.1) is 4.34 Å². The summed E-state index contributed by atoms with van der Waals surface area (Å²) in [6.07, 6.45) is 3.21. The Labute approximate surface area is 149 Å². The van der Waals surface area contributed by atoms with Gasteiger partial charge in [0.25, 0.3) is 5.91 Å². The number of rotatable bonds is 6. The van der Waals surface area contributed by atoms with Crippen LogP contribution in [0.15, 0.2) is 60.9 Å². The quantitative estimate of drug-likeness (QED) is 0.690. The molecule has 0 saturated heterocycles. The fourth-order valence-electron chi connectivity index (χ4n) is 2.24. The zero-order valence-electron chi connectivity index (χ0n) is 12.8. The van der Waals surface area contributed by atoms with Crippen molar-refractivity contribution < 1.29 is 4.79 Å². The standard InChI is InChI=1S/C18H16ClN3OS/c19-17-5-4-16(24-17)12-21-11-13-2-1-3-15(10-13)22-18(23)14-6-8-20-9-7-14/h1-10,21H,11-12H2,(H,22,23). The third-order valence-corrected chi connectivity index (χ3v) is 4.62. The lowest BCUT2D eigenvalue weighted by Gasteiger charge is -2.08. The van der Waals surface area contributed by atoms with Crippen molar-refractivity contribution in [2.45, 2.75) is 13.1 Å². The van der Waals surface area contributed by atoms with Crippen molar-refractivity contribution in [3.05, 3.63) is 81.3 Å². The van der Waals surface area contributed by atoms with Crippen LogP contribution in [0.5, 0.6) is 0 Å². The van der Waals surface area contributed by atoms with Crippen molar-refractivity contribution in [3.8, 4) is 0 Å². The van der Waals surface area contributed by atoms with E-state index in [2.05, 4.69) is 15.6 Å². The van der Waals surface area contributed by atoms with Gasteiger partial charge in [0, 0.05) is 41.6 Å². The molecule has 0 atom stereocenters. The zero-order chi connectivity index (χ0) is 16.8. The molecule has 24 heavy (non-hydrogen) atoms. The first-order valence-electron chi connectivity index (χ1n) is 7.46. The summed E-state index contributed by atoms with van der Waals surface area (Å²) in [7, 11) is 0. The fourth-order valence-corrected chi connectivity index (χ4v) is 3.30. The van der Waals surface area contributed by atoms with Crippen molar-refractivity contribution >= 4 is 34.5 Å². The number of anilines is 1. The van der Waals surface area contributed by atoms with Crippen molar-refractivity contribution in [3.63, 3.8) is 0 Å². The van der Waals surface area contributed by atoms with Crippen LogP contribution in [0.2, 0.25) is 4.34 Å².